The van der Waals surface area contributed by atoms with Crippen molar-refractivity contribution >= 4 is 5.97 Å². The number of rotatable bonds is 4. The first-order valence-electron chi connectivity index (χ1n) is 3.69. The van der Waals surface area contributed by atoms with Crippen molar-refractivity contribution in [1.82, 2.24) is 10.1 Å². The van der Waals surface area contributed by atoms with E-state index < -0.39 is 5.97 Å². The predicted octanol–water partition coefficient (Wildman–Crippen LogP) is 0.785. The second-order valence-corrected chi connectivity index (χ2v) is 2.48. The molecule has 1 heterocycles. The first-order valence-corrected chi connectivity index (χ1v) is 3.69. The largest absolute Gasteiger partial charge is 0.481 e. The highest BCUT2D eigenvalue weighted by Crippen LogP contribution is 2.00. The van der Waals surface area contributed by atoms with Gasteiger partial charge in [-0.3, -0.25) is 4.79 Å². The van der Waals surface area contributed by atoms with Crippen molar-refractivity contribution in [2.24, 2.45) is 0 Å². The normalized spacial score (nSPS) is 10.1. The summed E-state index contributed by atoms with van der Waals surface area (Å²) in [7, 11) is 0. The van der Waals surface area contributed by atoms with Crippen LogP contribution in [0.2, 0.25) is 0 Å². The van der Waals surface area contributed by atoms with Gasteiger partial charge in [-0.15, -0.1) is 0 Å². The maximum absolute atomic E-state index is 10.1. The first-order chi connectivity index (χ1) is 5.68. The lowest BCUT2D eigenvalue weighted by Gasteiger charge is -1.89. The minimum absolute atomic E-state index is 0.146. The Balaban J connectivity index is 2.29. The highest BCUT2D eigenvalue weighted by molar-refractivity contribution is 5.66. The summed E-state index contributed by atoms with van der Waals surface area (Å²) in [6, 6.07) is 0. The van der Waals surface area contributed by atoms with Crippen LogP contribution in [-0.2, 0) is 11.2 Å². The van der Waals surface area contributed by atoms with Crippen LogP contribution in [0, 0.1) is 6.92 Å². The zero-order valence-corrected chi connectivity index (χ0v) is 6.78. The minimum Gasteiger partial charge on any atom is -0.481 e. The number of carboxylic acids is 1. The van der Waals surface area contributed by atoms with E-state index in [1.807, 2.05) is 0 Å². The lowest BCUT2D eigenvalue weighted by atomic mass is 10.2. The molecule has 12 heavy (non-hydrogen) atoms. The fourth-order valence-corrected chi connectivity index (χ4v) is 0.841. The number of nitrogens with zero attached hydrogens (tertiary/aromatic N) is 2. The third-order valence-electron chi connectivity index (χ3n) is 1.36. The molecule has 0 amide bonds. The van der Waals surface area contributed by atoms with E-state index in [4.69, 9.17) is 9.63 Å². The summed E-state index contributed by atoms with van der Waals surface area (Å²) in [4.78, 5) is 14.1. The van der Waals surface area contributed by atoms with Gasteiger partial charge in [0, 0.05) is 19.8 Å². The lowest BCUT2D eigenvalue weighted by molar-refractivity contribution is -0.137. The molecule has 1 aromatic rings. The van der Waals surface area contributed by atoms with Crippen molar-refractivity contribution in [3.8, 4) is 0 Å². The Bertz CT molecular complexity index is 269. The number of aromatic nitrogens is 2. The molecule has 5 nitrogen and oxygen atoms in total. The summed E-state index contributed by atoms with van der Waals surface area (Å²) in [5.41, 5.74) is 0. The van der Waals surface area contributed by atoms with E-state index in [9.17, 15) is 4.79 Å². The van der Waals surface area contributed by atoms with Crippen LogP contribution in [0.1, 0.15) is 24.6 Å². The quantitative estimate of drug-likeness (QED) is 0.722. The summed E-state index contributed by atoms with van der Waals surface area (Å²) in [6.07, 6.45) is 1.26. The Labute approximate surface area is 69.4 Å². The van der Waals surface area contributed by atoms with Gasteiger partial charge in [0.15, 0.2) is 5.82 Å². The Morgan fingerprint density at radius 2 is 2.42 bits per heavy atom. The Kier molecular flexibility index (Phi) is 2.79. The SMILES string of the molecule is Cc1nc(CCCC(=O)O)no1. The Morgan fingerprint density at radius 1 is 1.67 bits per heavy atom. The molecule has 5 heteroatoms. The zero-order valence-electron chi connectivity index (χ0n) is 6.78. The fourth-order valence-electron chi connectivity index (χ4n) is 0.841. The van der Waals surface area contributed by atoms with Crippen LogP contribution in [0.25, 0.3) is 0 Å². The summed E-state index contributed by atoms with van der Waals surface area (Å²) in [5, 5.41) is 12.0. The lowest BCUT2D eigenvalue weighted by Crippen LogP contribution is -1.96. The van der Waals surface area contributed by atoms with E-state index in [0.29, 0.717) is 24.6 Å². The molecule has 0 spiro atoms. The van der Waals surface area contributed by atoms with Crippen LogP contribution in [0.15, 0.2) is 4.52 Å². The van der Waals surface area contributed by atoms with E-state index in [2.05, 4.69) is 10.1 Å². The molecule has 1 aromatic heterocycles. The number of hydrogen-bond donors (Lipinski definition) is 1. The van der Waals surface area contributed by atoms with Gasteiger partial charge in [0.2, 0.25) is 5.89 Å². The molecule has 1 rings (SSSR count). The highest BCUT2D eigenvalue weighted by Gasteiger charge is 2.03. The van der Waals surface area contributed by atoms with Gasteiger partial charge in [0.1, 0.15) is 0 Å². The summed E-state index contributed by atoms with van der Waals surface area (Å²) >= 11 is 0. The van der Waals surface area contributed by atoms with Crippen molar-refractivity contribution in [2.75, 3.05) is 0 Å². The molecule has 66 valence electrons. The maximum atomic E-state index is 10.1. The number of hydrogen-bond acceptors (Lipinski definition) is 4. The standard InChI is InChI=1S/C7H10N2O3/c1-5-8-6(9-12-5)3-2-4-7(10)11/h2-4H2,1H3,(H,10,11). The molecular formula is C7H10N2O3. The van der Waals surface area contributed by atoms with Gasteiger partial charge in [-0.1, -0.05) is 5.16 Å². The molecule has 0 saturated carbocycles. The maximum Gasteiger partial charge on any atom is 0.303 e. The molecule has 0 aliphatic carbocycles. The van der Waals surface area contributed by atoms with Crippen LogP contribution in [0.4, 0.5) is 0 Å². The third-order valence-corrected chi connectivity index (χ3v) is 1.36. The van der Waals surface area contributed by atoms with E-state index in [-0.39, 0.29) is 6.42 Å². The Morgan fingerprint density at radius 3 is 2.92 bits per heavy atom. The van der Waals surface area contributed by atoms with E-state index in [0.717, 1.165) is 0 Å². The number of carbonyl (C=O) groups is 1. The molecule has 0 radical (unpaired) electrons. The first kappa shape index (κ1) is 8.70. The van der Waals surface area contributed by atoms with E-state index >= 15 is 0 Å². The van der Waals surface area contributed by atoms with Crippen molar-refractivity contribution in [2.45, 2.75) is 26.2 Å². The summed E-state index contributed by atoms with van der Waals surface area (Å²) < 4.78 is 4.71. The molecule has 0 aliphatic heterocycles. The molecule has 1 N–H and O–H groups in total. The van der Waals surface area contributed by atoms with Crippen LogP contribution >= 0.6 is 0 Å². The smallest absolute Gasteiger partial charge is 0.303 e. The monoisotopic (exact) mass is 170 g/mol. The van der Waals surface area contributed by atoms with Crippen molar-refractivity contribution < 1.29 is 14.4 Å². The minimum atomic E-state index is -0.796. The van der Waals surface area contributed by atoms with Crippen molar-refractivity contribution in [3.63, 3.8) is 0 Å². The topological polar surface area (TPSA) is 76.2 Å². The van der Waals surface area contributed by atoms with Crippen LogP contribution in [0.5, 0.6) is 0 Å². The van der Waals surface area contributed by atoms with Crippen molar-refractivity contribution in [1.29, 1.82) is 0 Å². The molecule has 0 atom stereocenters. The zero-order chi connectivity index (χ0) is 8.97. The Hall–Kier alpha value is -1.39. The average Bonchev–Trinajstić information content (AvgIpc) is 2.35. The number of carboxylic acid groups (broad SMARTS) is 1. The second kappa shape index (κ2) is 3.85. The van der Waals surface area contributed by atoms with Crippen LogP contribution in [0.3, 0.4) is 0 Å². The molecule has 0 bridgehead atoms. The molecule has 0 unspecified atom stereocenters. The van der Waals surface area contributed by atoms with Gasteiger partial charge >= 0.3 is 5.97 Å². The highest BCUT2D eigenvalue weighted by atomic mass is 16.5. The third kappa shape index (κ3) is 2.69. The van der Waals surface area contributed by atoms with Gasteiger partial charge < -0.3 is 9.63 Å². The fraction of sp³-hybridized carbons (Fsp3) is 0.571. The molecule has 0 aliphatic rings. The predicted molar refractivity (Wildman–Crippen MR) is 39.6 cm³/mol. The van der Waals surface area contributed by atoms with Gasteiger partial charge in [-0.2, -0.15) is 4.98 Å². The summed E-state index contributed by atoms with van der Waals surface area (Å²) in [5.74, 6) is 0.296. The average molecular weight is 170 g/mol. The second-order valence-electron chi connectivity index (χ2n) is 2.48. The van der Waals surface area contributed by atoms with Gasteiger partial charge in [-0.25, -0.2) is 0 Å². The van der Waals surface area contributed by atoms with E-state index in [1.54, 1.807) is 6.92 Å². The molecule has 0 fully saturated rings. The number of aryl methyl sites for hydroxylation is 2. The molecule has 0 saturated heterocycles. The van der Waals surface area contributed by atoms with Crippen LogP contribution < -0.4 is 0 Å². The van der Waals surface area contributed by atoms with Gasteiger partial charge in [0.25, 0.3) is 0 Å². The molecular weight excluding hydrogens is 160 g/mol. The van der Waals surface area contributed by atoms with Gasteiger partial charge in [-0.05, 0) is 6.42 Å². The van der Waals surface area contributed by atoms with Crippen molar-refractivity contribution in [3.05, 3.63) is 11.7 Å². The summed E-state index contributed by atoms with van der Waals surface area (Å²) in [6.45, 7) is 1.70. The number of aliphatic carboxylic acids is 1. The molecule has 0 aromatic carbocycles. The van der Waals surface area contributed by atoms with Crippen LogP contribution in [-0.4, -0.2) is 21.2 Å². The van der Waals surface area contributed by atoms with E-state index in [1.165, 1.54) is 0 Å². The van der Waals surface area contributed by atoms with Gasteiger partial charge in [0.05, 0.1) is 0 Å².